The molecule has 1 N–H and O–H groups in total. The Morgan fingerprint density at radius 1 is 1.10 bits per heavy atom. The predicted molar refractivity (Wildman–Crippen MR) is 87.1 cm³/mol. The van der Waals surface area contributed by atoms with E-state index in [2.05, 4.69) is 54.2 Å². The summed E-state index contributed by atoms with van der Waals surface area (Å²) in [6, 6.07) is 7.03. The molecule has 0 saturated heterocycles. The van der Waals surface area contributed by atoms with Crippen molar-refractivity contribution in [2.75, 3.05) is 5.32 Å². The highest BCUT2D eigenvalue weighted by Gasteiger charge is 2.09. The van der Waals surface area contributed by atoms with Gasteiger partial charge in [-0.25, -0.2) is 4.39 Å². The summed E-state index contributed by atoms with van der Waals surface area (Å²) in [5.74, 6) is -0.352. The van der Waals surface area contributed by atoms with Gasteiger partial charge in [0, 0.05) is 11.0 Å². The van der Waals surface area contributed by atoms with Crippen molar-refractivity contribution in [2.24, 2.45) is 0 Å². The van der Waals surface area contributed by atoms with Crippen molar-refractivity contribution in [3.05, 3.63) is 61.8 Å². The fourth-order valence-electron chi connectivity index (χ4n) is 2.38. The molecule has 0 unspecified atom stereocenters. The molecule has 0 aliphatic heterocycles. The molecule has 0 amide bonds. The molecule has 2 aromatic rings. The third-order valence-electron chi connectivity index (χ3n) is 3.29. The van der Waals surface area contributed by atoms with Crippen molar-refractivity contribution in [3.63, 3.8) is 0 Å². The van der Waals surface area contributed by atoms with E-state index >= 15 is 0 Å². The lowest BCUT2D eigenvalue weighted by molar-refractivity contribution is 0.627. The third kappa shape index (κ3) is 3.33. The van der Waals surface area contributed by atoms with E-state index in [1.54, 1.807) is 0 Å². The van der Waals surface area contributed by atoms with Gasteiger partial charge in [-0.3, -0.25) is 0 Å². The van der Waals surface area contributed by atoms with E-state index in [-0.39, 0.29) is 5.82 Å². The van der Waals surface area contributed by atoms with Crippen molar-refractivity contribution in [3.8, 4) is 0 Å². The zero-order valence-electron chi connectivity index (χ0n) is 11.7. The average Bonchev–Trinajstić information content (AvgIpc) is 2.30. The lowest BCUT2D eigenvalue weighted by Gasteiger charge is -2.15. The minimum absolute atomic E-state index is 0.352. The Bertz CT molecular complexity index is 551. The first kappa shape index (κ1) is 15.3. The summed E-state index contributed by atoms with van der Waals surface area (Å²) in [5.41, 5.74) is 5.69. The summed E-state index contributed by atoms with van der Waals surface area (Å²) in [6.45, 7) is 6.93. The zero-order chi connectivity index (χ0) is 14.9. The topological polar surface area (TPSA) is 12.0 Å². The van der Waals surface area contributed by atoms with Crippen LogP contribution in [0.5, 0.6) is 0 Å². The summed E-state index contributed by atoms with van der Waals surface area (Å²) in [6.07, 6.45) is 0. The first-order valence-electron chi connectivity index (χ1n) is 6.33. The van der Waals surface area contributed by atoms with Gasteiger partial charge in [0.1, 0.15) is 5.82 Å². The number of nitrogens with one attached hydrogen (secondary N) is 1. The number of aryl methyl sites for hydroxylation is 3. The first-order chi connectivity index (χ1) is 9.38. The van der Waals surface area contributed by atoms with Gasteiger partial charge in [-0.05, 0) is 65.5 Å². The molecule has 0 heterocycles. The average molecular weight is 357 g/mol. The van der Waals surface area contributed by atoms with Gasteiger partial charge in [0.2, 0.25) is 0 Å². The SMILES string of the molecule is Cc1cc(C)c(CNc2c(Cl)cc(F)cc2Br)c(C)c1. The third-order valence-corrected chi connectivity index (χ3v) is 4.21. The van der Waals surface area contributed by atoms with Gasteiger partial charge in [-0.15, -0.1) is 0 Å². The molecule has 0 saturated carbocycles. The number of rotatable bonds is 3. The molecule has 2 aromatic carbocycles. The number of halogens is 3. The van der Waals surface area contributed by atoms with Gasteiger partial charge >= 0.3 is 0 Å². The molecule has 20 heavy (non-hydrogen) atoms. The molecule has 106 valence electrons. The van der Waals surface area contributed by atoms with Crippen LogP contribution in [-0.2, 0) is 6.54 Å². The predicted octanol–water partition coefficient (Wildman–Crippen LogP) is 5.78. The monoisotopic (exact) mass is 355 g/mol. The molecule has 0 fully saturated rings. The van der Waals surface area contributed by atoms with Crippen molar-refractivity contribution in [1.29, 1.82) is 0 Å². The molecule has 0 aliphatic rings. The van der Waals surface area contributed by atoms with Gasteiger partial charge in [0.05, 0.1) is 10.7 Å². The van der Waals surface area contributed by atoms with E-state index in [1.807, 2.05) is 0 Å². The van der Waals surface area contributed by atoms with Crippen LogP contribution in [0, 0.1) is 26.6 Å². The Balaban J connectivity index is 2.26. The molecular weight excluding hydrogens is 341 g/mol. The molecule has 2 rings (SSSR count). The summed E-state index contributed by atoms with van der Waals surface area (Å²) >= 11 is 9.41. The lowest BCUT2D eigenvalue weighted by atomic mass is 10.00. The Morgan fingerprint density at radius 3 is 2.25 bits per heavy atom. The molecule has 0 radical (unpaired) electrons. The van der Waals surface area contributed by atoms with Crippen LogP contribution in [0.3, 0.4) is 0 Å². The van der Waals surface area contributed by atoms with E-state index in [0.717, 1.165) is 0 Å². The quantitative estimate of drug-likeness (QED) is 0.735. The molecular formula is C16H16BrClFN. The van der Waals surface area contributed by atoms with Crippen molar-refractivity contribution in [2.45, 2.75) is 27.3 Å². The zero-order valence-corrected chi connectivity index (χ0v) is 14.0. The smallest absolute Gasteiger partial charge is 0.125 e. The molecule has 4 heteroatoms. The molecule has 0 bridgehead atoms. The summed E-state index contributed by atoms with van der Waals surface area (Å²) in [5, 5.41) is 3.65. The maximum absolute atomic E-state index is 13.2. The highest BCUT2D eigenvalue weighted by molar-refractivity contribution is 9.10. The number of benzene rings is 2. The fraction of sp³-hybridized carbons (Fsp3) is 0.250. The van der Waals surface area contributed by atoms with Crippen molar-refractivity contribution >= 4 is 33.2 Å². The molecule has 0 aliphatic carbocycles. The maximum atomic E-state index is 13.2. The first-order valence-corrected chi connectivity index (χ1v) is 7.50. The molecule has 0 aromatic heterocycles. The molecule has 0 spiro atoms. The van der Waals surface area contributed by atoms with Crippen LogP contribution in [0.25, 0.3) is 0 Å². The summed E-state index contributed by atoms with van der Waals surface area (Å²) in [7, 11) is 0. The van der Waals surface area contributed by atoms with Crippen molar-refractivity contribution in [1.82, 2.24) is 0 Å². The highest BCUT2D eigenvalue weighted by atomic mass is 79.9. The van der Waals surface area contributed by atoms with Crippen LogP contribution >= 0.6 is 27.5 Å². The van der Waals surface area contributed by atoms with E-state index in [1.165, 1.54) is 34.4 Å². The molecule has 1 nitrogen and oxygen atoms in total. The van der Waals surface area contributed by atoms with Gasteiger partial charge in [-0.1, -0.05) is 29.3 Å². The van der Waals surface area contributed by atoms with E-state index in [4.69, 9.17) is 11.6 Å². The van der Waals surface area contributed by atoms with Gasteiger partial charge < -0.3 is 5.32 Å². The second-order valence-corrected chi connectivity index (χ2v) is 6.24. The Morgan fingerprint density at radius 2 is 1.70 bits per heavy atom. The Hall–Kier alpha value is -1.06. The Labute approximate surface area is 132 Å². The van der Waals surface area contributed by atoms with E-state index in [9.17, 15) is 4.39 Å². The van der Waals surface area contributed by atoms with Crippen LogP contribution in [0.1, 0.15) is 22.3 Å². The minimum Gasteiger partial charge on any atom is -0.379 e. The molecule has 0 atom stereocenters. The van der Waals surface area contributed by atoms with Crippen LogP contribution < -0.4 is 5.32 Å². The van der Waals surface area contributed by atoms with Crippen LogP contribution in [0.2, 0.25) is 5.02 Å². The number of hydrogen-bond donors (Lipinski definition) is 1. The van der Waals surface area contributed by atoms with Crippen LogP contribution in [-0.4, -0.2) is 0 Å². The summed E-state index contributed by atoms with van der Waals surface area (Å²) < 4.78 is 13.8. The van der Waals surface area contributed by atoms with Crippen LogP contribution in [0.15, 0.2) is 28.7 Å². The number of hydrogen-bond acceptors (Lipinski definition) is 1. The van der Waals surface area contributed by atoms with E-state index in [0.29, 0.717) is 21.7 Å². The maximum Gasteiger partial charge on any atom is 0.125 e. The van der Waals surface area contributed by atoms with Crippen LogP contribution in [0.4, 0.5) is 10.1 Å². The highest BCUT2D eigenvalue weighted by Crippen LogP contribution is 2.32. The standard InChI is InChI=1S/C16H16BrClFN/c1-9-4-10(2)13(11(3)5-9)8-20-16-14(17)6-12(19)7-15(16)18/h4-7,20H,8H2,1-3H3. The normalized spacial score (nSPS) is 10.7. The second kappa shape index (κ2) is 6.15. The lowest BCUT2D eigenvalue weighted by Crippen LogP contribution is -2.05. The van der Waals surface area contributed by atoms with Gasteiger partial charge in [0.15, 0.2) is 0 Å². The minimum atomic E-state index is -0.352. The van der Waals surface area contributed by atoms with Gasteiger partial charge in [-0.2, -0.15) is 0 Å². The van der Waals surface area contributed by atoms with Crippen molar-refractivity contribution < 1.29 is 4.39 Å². The largest absolute Gasteiger partial charge is 0.379 e. The number of anilines is 1. The Kier molecular flexibility index (Phi) is 4.71. The second-order valence-electron chi connectivity index (χ2n) is 4.98. The summed E-state index contributed by atoms with van der Waals surface area (Å²) in [4.78, 5) is 0. The fourth-order valence-corrected chi connectivity index (χ4v) is 3.34. The van der Waals surface area contributed by atoms with E-state index < -0.39 is 0 Å². The van der Waals surface area contributed by atoms with Gasteiger partial charge in [0.25, 0.3) is 0 Å².